The largest absolute Gasteiger partial charge is 0.330 e. The molecule has 0 bridgehead atoms. The van der Waals surface area contributed by atoms with E-state index in [1.54, 1.807) is 11.3 Å². The first-order valence-electron chi connectivity index (χ1n) is 7.34. The number of hydrogen-bond acceptors (Lipinski definition) is 2. The first-order valence-corrected chi connectivity index (χ1v) is 8.54. The quantitative estimate of drug-likeness (QED) is 0.837. The van der Waals surface area contributed by atoms with E-state index in [1.165, 1.54) is 24.1 Å². The van der Waals surface area contributed by atoms with E-state index in [1.807, 2.05) is 6.07 Å². The molecule has 0 radical (unpaired) electrons. The van der Waals surface area contributed by atoms with Crippen LogP contribution in [0, 0.1) is 23.2 Å². The maximum Gasteiger partial charge on any atom is 0.0931 e. The normalized spacial score (nSPS) is 28.6. The lowest BCUT2D eigenvalue weighted by molar-refractivity contribution is 0.101. The first-order chi connectivity index (χ1) is 8.90. The molecule has 108 valence electrons. The van der Waals surface area contributed by atoms with Crippen LogP contribution in [0.2, 0.25) is 4.34 Å². The molecule has 1 heterocycles. The zero-order valence-corrected chi connectivity index (χ0v) is 13.9. The van der Waals surface area contributed by atoms with Gasteiger partial charge in [-0.2, -0.15) is 0 Å². The Balaban J connectivity index is 2.05. The Morgan fingerprint density at radius 1 is 1.26 bits per heavy atom. The van der Waals surface area contributed by atoms with Gasteiger partial charge < -0.3 is 5.73 Å². The summed E-state index contributed by atoms with van der Waals surface area (Å²) in [5.74, 6) is 2.26. The number of rotatable bonds is 3. The van der Waals surface area contributed by atoms with Gasteiger partial charge in [-0.25, -0.2) is 0 Å². The van der Waals surface area contributed by atoms with Gasteiger partial charge in [-0.15, -0.1) is 11.3 Å². The second kappa shape index (κ2) is 6.15. The summed E-state index contributed by atoms with van der Waals surface area (Å²) in [6, 6.07) is 4.20. The third kappa shape index (κ3) is 3.96. The van der Waals surface area contributed by atoms with Crippen molar-refractivity contribution in [3.63, 3.8) is 0 Å². The van der Waals surface area contributed by atoms with E-state index in [-0.39, 0.29) is 0 Å². The average molecular weight is 300 g/mol. The van der Waals surface area contributed by atoms with E-state index in [4.69, 9.17) is 17.3 Å². The lowest BCUT2D eigenvalue weighted by atomic mass is 9.65. The molecule has 2 rings (SSSR count). The van der Waals surface area contributed by atoms with Gasteiger partial charge in [0.2, 0.25) is 0 Å². The van der Waals surface area contributed by atoms with Gasteiger partial charge in [-0.3, -0.25) is 0 Å². The van der Waals surface area contributed by atoms with E-state index in [2.05, 4.69) is 26.8 Å². The molecule has 1 nitrogen and oxygen atoms in total. The van der Waals surface area contributed by atoms with Crippen LogP contribution in [-0.2, 0) is 6.42 Å². The molecule has 1 aliphatic rings. The lowest BCUT2D eigenvalue weighted by Gasteiger charge is -2.41. The predicted octanol–water partition coefficient (Wildman–Crippen LogP) is 4.98. The molecule has 1 fully saturated rings. The van der Waals surface area contributed by atoms with Crippen LogP contribution in [0.4, 0.5) is 0 Å². The molecule has 1 aliphatic carbocycles. The average Bonchev–Trinajstić information content (AvgIpc) is 2.73. The van der Waals surface area contributed by atoms with Crippen molar-refractivity contribution >= 4 is 22.9 Å². The molecule has 0 aromatic carbocycles. The number of halogens is 1. The van der Waals surface area contributed by atoms with Crippen molar-refractivity contribution in [3.05, 3.63) is 21.3 Å². The summed E-state index contributed by atoms with van der Waals surface area (Å²) in [5, 5.41) is 0. The van der Waals surface area contributed by atoms with Gasteiger partial charge in [-0.05, 0) is 67.5 Å². The van der Waals surface area contributed by atoms with Crippen LogP contribution >= 0.6 is 22.9 Å². The van der Waals surface area contributed by atoms with E-state index in [0.29, 0.717) is 11.3 Å². The second-order valence-electron chi connectivity index (χ2n) is 7.04. The minimum Gasteiger partial charge on any atom is -0.330 e. The van der Waals surface area contributed by atoms with Crippen molar-refractivity contribution < 1.29 is 0 Å². The third-order valence-electron chi connectivity index (χ3n) is 4.76. The Morgan fingerprint density at radius 2 is 2.00 bits per heavy atom. The molecule has 3 heteroatoms. The van der Waals surface area contributed by atoms with Crippen molar-refractivity contribution in [1.29, 1.82) is 0 Å². The minimum absolute atomic E-state index is 0.422. The van der Waals surface area contributed by atoms with E-state index in [0.717, 1.165) is 29.1 Å². The Morgan fingerprint density at radius 3 is 2.53 bits per heavy atom. The molecule has 0 spiro atoms. The first kappa shape index (κ1) is 15.3. The van der Waals surface area contributed by atoms with E-state index in [9.17, 15) is 0 Å². The molecular weight excluding hydrogens is 274 g/mol. The fraction of sp³-hybridized carbons (Fsp3) is 0.750. The molecule has 3 unspecified atom stereocenters. The molecule has 1 aromatic rings. The van der Waals surface area contributed by atoms with Gasteiger partial charge in [0.1, 0.15) is 0 Å². The third-order valence-corrected chi connectivity index (χ3v) is 6.01. The maximum absolute atomic E-state index is 6.04. The molecule has 1 aromatic heterocycles. The van der Waals surface area contributed by atoms with Crippen LogP contribution < -0.4 is 5.73 Å². The molecule has 3 atom stereocenters. The molecular formula is C16H26ClNS. The predicted molar refractivity (Wildman–Crippen MR) is 85.9 cm³/mol. The zero-order valence-electron chi connectivity index (χ0n) is 12.3. The van der Waals surface area contributed by atoms with Crippen molar-refractivity contribution in [3.8, 4) is 0 Å². The zero-order chi connectivity index (χ0) is 14.0. The summed E-state index contributed by atoms with van der Waals surface area (Å²) in [4.78, 5) is 1.42. The van der Waals surface area contributed by atoms with Gasteiger partial charge in [0.05, 0.1) is 4.34 Å². The van der Waals surface area contributed by atoms with Gasteiger partial charge in [-0.1, -0.05) is 32.4 Å². The van der Waals surface area contributed by atoms with Crippen molar-refractivity contribution in [2.75, 3.05) is 6.54 Å². The Kier molecular flexibility index (Phi) is 4.97. The topological polar surface area (TPSA) is 26.0 Å². The van der Waals surface area contributed by atoms with E-state index < -0.39 is 0 Å². The number of thiophene rings is 1. The van der Waals surface area contributed by atoms with Crippen LogP contribution in [-0.4, -0.2) is 6.54 Å². The van der Waals surface area contributed by atoms with Crippen molar-refractivity contribution in [2.45, 2.75) is 46.5 Å². The summed E-state index contributed by atoms with van der Waals surface area (Å²) >= 11 is 7.77. The summed E-state index contributed by atoms with van der Waals surface area (Å²) in [7, 11) is 0. The smallest absolute Gasteiger partial charge is 0.0931 e. The molecule has 0 saturated heterocycles. The molecule has 0 amide bonds. The van der Waals surface area contributed by atoms with Crippen LogP contribution in [0.25, 0.3) is 0 Å². The van der Waals surface area contributed by atoms with Gasteiger partial charge in [0.15, 0.2) is 0 Å². The van der Waals surface area contributed by atoms with Crippen LogP contribution in [0.15, 0.2) is 12.1 Å². The van der Waals surface area contributed by atoms with Crippen LogP contribution in [0.3, 0.4) is 0 Å². The summed E-state index contributed by atoms with van der Waals surface area (Å²) in [6.07, 6.45) is 5.11. The van der Waals surface area contributed by atoms with Crippen molar-refractivity contribution in [1.82, 2.24) is 0 Å². The van der Waals surface area contributed by atoms with Crippen LogP contribution in [0.5, 0.6) is 0 Å². The Hall–Kier alpha value is -0.0500. The highest BCUT2D eigenvalue weighted by molar-refractivity contribution is 7.16. The number of nitrogens with two attached hydrogens (primary N) is 1. The highest BCUT2D eigenvalue weighted by atomic mass is 35.5. The summed E-state index contributed by atoms with van der Waals surface area (Å²) < 4.78 is 0.905. The van der Waals surface area contributed by atoms with Gasteiger partial charge in [0, 0.05) is 4.88 Å². The summed E-state index contributed by atoms with van der Waals surface area (Å²) in [5.41, 5.74) is 6.41. The monoisotopic (exact) mass is 299 g/mol. The fourth-order valence-electron chi connectivity index (χ4n) is 3.39. The Bertz CT molecular complexity index is 407. The molecule has 19 heavy (non-hydrogen) atoms. The standard InChI is InChI=1S/C16H26ClNS/c1-16(2,3)13-5-4-11(10-18)12(8-13)9-14-6-7-15(17)19-14/h6-7,11-13H,4-5,8-10,18H2,1-3H3. The molecule has 1 saturated carbocycles. The lowest BCUT2D eigenvalue weighted by Crippen LogP contribution is -2.35. The van der Waals surface area contributed by atoms with Gasteiger partial charge in [0.25, 0.3) is 0 Å². The SMILES string of the molecule is CC(C)(C)C1CCC(CN)C(Cc2ccc(Cl)s2)C1. The second-order valence-corrected chi connectivity index (χ2v) is 8.84. The fourth-order valence-corrected chi connectivity index (χ4v) is 4.57. The summed E-state index contributed by atoms with van der Waals surface area (Å²) in [6.45, 7) is 7.96. The van der Waals surface area contributed by atoms with E-state index >= 15 is 0 Å². The number of hydrogen-bond donors (Lipinski definition) is 1. The minimum atomic E-state index is 0.422. The van der Waals surface area contributed by atoms with Gasteiger partial charge >= 0.3 is 0 Å². The maximum atomic E-state index is 6.04. The molecule has 2 N–H and O–H groups in total. The highest BCUT2D eigenvalue weighted by Gasteiger charge is 2.35. The van der Waals surface area contributed by atoms with Crippen LogP contribution in [0.1, 0.15) is 44.9 Å². The van der Waals surface area contributed by atoms with Crippen molar-refractivity contribution in [2.24, 2.45) is 28.9 Å². The highest BCUT2D eigenvalue weighted by Crippen LogP contribution is 2.44. The Labute approximate surface area is 126 Å². The molecule has 0 aliphatic heterocycles.